The van der Waals surface area contributed by atoms with E-state index in [9.17, 15) is 4.39 Å². The number of hydrogen-bond acceptors (Lipinski definition) is 2. The molecule has 0 radical (unpaired) electrons. The molecule has 0 heterocycles. The summed E-state index contributed by atoms with van der Waals surface area (Å²) in [4.78, 5) is 0. The van der Waals surface area contributed by atoms with E-state index in [0.29, 0.717) is 20.8 Å². The van der Waals surface area contributed by atoms with Crippen LogP contribution in [-0.4, -0.2) is 0 Å². The maximum atomic E-state index is 13.5. The molecular weight excluding hydrogens is 356 g/mol. The van der Waals surface area contributed by atoms with E-state index in [1.165, 1.54) is 11.6 Å². The third kappa shape index (κ3) is 3.59. The van der Waals surface area contributed by atoms with Gasteiger partial charge in [0.05, 0.1) is 9.26 Å². The summed E-state index contributed by atoms with van der Waals surface area (Å²) in [7, 11) is 0. The van der Waals surface area contributed by atoms with Crippen LogP contribution in [0.15, 0.2) is 36.4 Å². The van der Waals surface area contributed by atoms with Crippen molar-refractivity contribution in [3.05, 3.63) is 51.3 Å². The first-order valence-corrected chi connectivity index (χ1v) is 7.19. The number of nitrogens with two attached hydrogens (primary N) is 1. The lowest BCUT2D eigenvalue weighted by molar-refractivity contribution is 0.478. The predicted octanol–water partition coefficient (Wildman–Crippen LogP) is 4.76. The van der Waals surface area contributed by atoms with Crippen LogP contribution in [0.25, 0.3) is 0 Å². The summed E-state index contributed by atoms with van der Waals surface area (Å²) in [5, 5.41) is 0. The number of anilines is 1. The third-order valence-corrected chi connectivity index (χ3v) is 3.57. The fraction of sp³-hybridized carbons (Fsp3) is 0.200. The van der Waals surface area contributed by atoms with Gasteiger partial charge in [-0.15, -0.1) is 0 Å². The smallest absolute Gasteiger partial charge is 0.153 e. The van der Waals surface area contributed by atoms with Gasteiger partial charge >= 0.3 is 0 Å². The van der Waals surface area contributed by atoms with Gasteiger partial charge < -0.3 is 10.5 Å². The second-order valence-electron chi connectivity index (χ2n) is 4.30. The Morgan fingerprint density at radius 2 is 1.89 bits per heavy atom. The Kier molecular flexibility index (Phi) is 4.63. The lowest BCUT2D eigenvalue weighted by atomic mass is 10.1. The molecule has 0 amide bonds. The molecule has 4 heteroatoms. The van der Waals surface area contributed by atoms with Crippen LogP contribution in [0.2, 0.25) is 0 Å². The molecule has 0 saturated carbocycles. The number of benzene rings is 2. The average Bonchev–Trinajstić information content (AvgIpc) is 2.38. The minimum Gasteiger partial charge on any atom is -0.455 e. The van der Waals surface area contributed by atoms with Crippen LogP contribution >= 0.6 is 22.6 Å². The minimum atomic E-state index is -0.326. The third-order valence-electron chi connectivity index (χ3n) is 2.74. The van der Waals surface area contributed by atoms with E-state index in [4.69, 9.17) is 10.5 Å². The highest BCUT2D eigenvalue weighted by Gasteiger charge is 2.08. The molecule has 0 unspecified atom stereocenters. The molecular formula is C15H15FINO. The van der Waals surface area contributed by atoms with E-state index in [1.807, 2.05) is 46.9 Å². The number of nitrogen functional groups attached to an aromatic ring is 1. The van der Waals surface area contributed by atoms with Crippen LogP contribution in [0.3, 0.4) is 0 Å². The lowest BCUT2D eigenvalue weighted by Crippen LogP contribution is -1.95. The molecule has 19 heavy (non-hydrogen) atoms. The summed E-state index contributed by atoms with van der Waals surface area (Å²) in [6.45, 7) is 2.14. The van der Waals surface area contributed by atoms with E-state index in [2.05, 4.69) is 6.92 Å². The molecule has 0 aliphatic rings. The fourth-order valence-corrected chi connectivity index (χ4v) is 2.26. The number of ether oxygens (including phenoxy) is 1. The van der Waals surface area contributed by atoms with Gasteiger partial charge in [-0.1, -0.05) is 25.5 Å². The van der Waals surface area contributed by atoms with Crippen molar-refractivity contribution in [2.45, 2.75) is 19.8 Å². The van der Waals surface area contributed by atoms with Gasteiger partial charge in [-0.2, -0.15) is 0 Å². The van der Waals surface area contributed by atoms with E-state index < -0.39 is 0 Å². The quantitative estimate of drug-likeness (QED) is 0.622. The Hall–Kier alpha value is -1.30. The first-order chi connectivity index (χ1) is 9.10. The van der Waals surface area contributed by atoms with Crippen LogP contribution < -0.4 is 10.5 Å². The zero-order valence-corrected chi connectivity index (χ0v) is 12.8. The molecule has 0 bridgehead atoms. The molecule has 2 N–H and O–H groups in total. The first-order valence-electron chi connectivity index (χ1n) is 6.11. The van der Waals surface area contributed by atoms with Crippen molar-refractivity contribution in [1.29, 1.82) is 0 Å². The Balaban J connectivity index is 2.19. The van der Waals surface area contributed by atoms with E-state index in [0.717, 1.165) is 12.8 Å². The van der Waals surface area contributed by atoms with E-state index in [-0.39, 0.29) is 5.82 Å². The molecule has 0 aliphatic carbocycles. The summed E-state index contributed by atoms with van der Waals surface area (Å²) in [5.74, 6) is 0.681. The molecule has 0 fully saturated rings. The second-order valence-corrected chi connectivity index (χ2v) is 5.46. The highest BCUT2D eigenvalue weighted by molar-refractivity contribution is 14.1. The number of rotatable bonds is 4. The SMILES string of the molecule is CCCc1ccc(Oc2cc(F)c(I)cc2N)cc1. The van der Waals surface area contributed by atoms with Crippen LogP contribution in [0.4, 0.5) is 10.1 Å². The molecule has 2 aromatic rings. The number of halogens is 2. The van der Waals surface area contributed by atoms with Crippen molar-refractivity contribution < 1.29 is 9.13 Å². The Labute approximate surface area is 125 Å². The van der Waals surface area contributed by atoms with Gasteiger partial charge in [-0.05, 0) is 52.8 Å². The lowest BCUT2D eigenvalue weighted by Gasteiger charge is -2.10. The normalized spacial score (nSPS) is 10.5. The molecule has 0 atom stereocenters. The minimum absolute atomic E-state index is 0.326. The van der Waals surface area contributed by atoms with Gasteiger partial charge in [0.25, 0.3) is 0 Å². The summed E-state index contributed by atoms with van der Waals surface area (Å²) in [6.07, 6.45) is 2.15. The standard InChI is InChI=1S/C15H15FINO/c1-2-3-10-4-6-11(7-5-10)19-15-8-12(16)13(17)9-14(15)18/h4-9H,2-3,18H2,1H3. The highest BCUT2D eigenvalue weighted by Crippen LogP contribution is 2.30. The predicted molar refractivity (Wildman–Crippen MR) is 84.0 cm³/mol. The van der Waals surface area contributed by atoms with Crippen molar-refractivity contribution >= 4 is 28.3 Å². The molecule has 0 saturated heterocycles. The summed E-state index contributed by atoms with van der Waals surface area (Å²) < 4.78 is 19.6. The van der Waals surface area contributed by atoms with Crippen LogP contribution in [0.1, 0.15) is 18.9 Å². The van der Waals surface area contributed by atoms with Crippen molar-refractivity contribution in [1.82, 2.24) is 0 Å². The maximum absolute atomic E-state index is 13.5. The van der Waals surface area contributed by atoms with Gasteiger partial charge in [0, 0.05) is 6.07 Å². The largest absolute Gasteiger partial charge is 0.455 e. The molecule has 2 nitrogen and oxygen atoms in total. The Morgan fingerprint density at radius 1 is 1.21 bits per heavy atom. The maximum Gasteiger partial charge on any atom is 0.153 e. The van der Waals surface area contributed by atoms with Gasteiger partial charge in [-0.3, -0.25) is 0 Å². The van der Waals surface area contributed by atoms with Gasteiger partial charge in [0.1, 0.15) is 11.6 Å². The summed E-state index contributed by atoms with van der Waals surface area (Å²) >= 11 is 1.90. The van der Waals surface area contributed by atoms with Crippen LogP contribution in [0.5, 0.6) is 11.5 Å². The van der Waals surface area contributed by atoms with Gasteiger partial charge in [0.2, 0.25) is 0 Å². The molecule has 0 spiro atoms. The van der Waals surface area contributed by atoms with Crippen LogP contribution in [-0.2, 0) is 6.42 Å². The molecule has 2 rings (SSSR count). The Morgan fingerprint density at radius 3 is 2.53 bits per heavy atom. The van der Waals surface area contributed by atoms with E-state index >= 15 is 0 Å². The zero-order chi connectivity index (χ0) is 13.8. The zero-order valence-electron chi connectivity index (χ0n) is 10.6. The molecule has 100 valence electrons. The molecule has 0 aromatic heterocycles. The topological polar surface area (TPSA) is 35.2 Å². The van der Waals surface area contributed by atoms with Gasteiger partial charge in [0.15, 0.2) is 5.75 Å². The van der Waals surface area contributed by atoms with Crippen molar-refractivity contribution in [3.8, 4) is 11.5 Å². The van der Waals surface area contributed by atoms with Crippen molar-refractivity contribution in [3.63, 3.8) is 0 Å². The fourth-order valence-electron chi connectivity index (χ4n) is 1.77. The summed E-state index contributed by atoms with van der Waals surface area (Å²) in [6, 6.07) is 10.7. The van der Waals surface area contributed by atoms with Crippen molar-refractivity contribution in [2.75, 3.05) is 5.73 Å². The Bertz CT molecular complexity index is 569. The van der Waals surface area contributed by atoms with E-state index in [1.54, 1.807) is 6.07 Å². The molecule has 0 aliphatic heterocycles. The number of hydrogen-bond donors (Lipinski definition) is 1. The monoisotopic (exact) mass is 371 g/mol. The number of aryl methyl sites for hydroxylation is 1. The van der Waals surface area contributed by atoms with Crippen molar-refractivity contribution in [2.24, 2.45) is 0 Å². The summed E-state index contributed by atoms with van der Waals surface area (Å²) in [5.41, 5.74) is 7.51. The molecule has 2 aromatic carbocycles. The first kappa shape index (κ1) is 14.1. The van der Waals surface area contributed by atoms with Gasteiger partial charge in [-0.25, -0.2) is 4.39 Å². The second kappa shape index (κ2) is 6.23. The highest BCUT2D eigenvalue weighted by atomic mass is 127. The van der Waals surface area contributed by atoms with Crippen LogP contribution in [0, 0.1) is 9.39 Å². The average molecular weight is 371 g/mol.